The Kier molecular flexibility index (Phi) is 7.57. The SMILES string of the molecule is CCn1c(=O)nc(NC2=CCC=C(OC3=CN=CCC(C)=N3)C=C2)n(Cc2ccc(Cl)cc2)c1=O. The van der Waals surface area contributed by atoms with Crippen molar-refractivity contribution in [2.45, 2.75) is 39.8 Å². The first-order valence-corrected chi connectivity index (χ1v) is 11.6. The first-order valence-electron chi connectivity index (χ1n) is 11.2. The summed E-state index contributed by atoms with van der Waals surface area (Å²) in [6.07, 6.45) is 12.0. The lowest BCUT2D eigenvalue weighted by Crippen LogP contribution is -2.42. The van der Waals surface area contributed by atoms with Gasteiger partial charge in [0.15, 0.2) is 0 Å². The van der Waals surface area contributed by atoms with Gasteiger partial charge in [-0.15, -0.1) is 0 Å². The Balaban J connectivity index is 1.58. The summed E-state index contributed by atoms with van der Waals surface area (Å²) in [6, 6.07) is 7.16. The van der Waals surface area contributed by atoms with E-state index < -0.39 is 11.4 Å². The lowest BCUT2D eigenvalue weighted by molar-refractivity contribution is 0.315. The molecule has 0 radical (unpaired) electrons. The first kappa shape index (κ1) is 24.2. The molecule has 0 atom stereocenters. The van der Waals surface area contributed by atoms with Crippen LogP contribution in [0.5, 0.6) is 0 Å². The maximum Gasteiger partial charge on any atom is 0.354 e. The molecule has 1 aromatic carbocycles. The number of hydrogen-bond acceptors (Lipinski definition) is 7. The van der Waals surface area contributed by atoms with E-state index in [0.717, 1.165) is 15.8 Å². The average molecular weight is 493 g/mol. The summed E-state index contributed by atoms with van der Waals surface area (Å²) in [6.45, 7) is 4.09. The Hall–Kier alpha value is -3.98. The summed E-state index contributed by atoms with van der Waals surface area (Å²) in [7, 11) is 0. The lowest BCUT2D eigenvalue weighted by Gasteiger charge is -2.15. The van der Waals surface area contributed by atoms with Crippen molar-refractivity contribution in [3.8, 4) is 0 Å². The number of aliphatic imine (C=N–C) groups is 2. The third-order valence-electron chi connectivity index (χ3n) is 5.26. The predicted octanol–water partition coefficient (Wildman–Crippen LogP) is 4.02. The minimum Gasteiger partial charge on any atom is -0.438 e. The van der Waals surface area contributed by atoms with Crippen LogP contribution in [0.2, 0.25) is 5.02 Å². The van der Waals surface area contributed by atoms with Crippen LogP contribution in [0.1, 0.15) is 32.3 Å². The van der Waals surface area contributed by atoms with Crippen molar-refractivity contribution in [2.75, 3.05) is 5.32 Å². The minimum atomic E-state index is -0.609. The molecule has 180 valence electrons. The van der Waals surface area contributed by atoms with E-state index in [0.29, 0.717) is 35.2 Å². The van der Waals surface area contributed by atoms with E-state index in [2.05, 4.69) is 20.3 Å². The van der Waals surface area contributed by atoms with Crippen LogP contribution in [0, 0.1) is 0 Å². The minimum absolute atomic E-state index is 0.154. The topological polar surface area (TPSA) is 103 Å². The monoisotopic (exact) mass is 492 g/mol. The van der Waals surface area contributed by atoms with Crippen molar-refractivity contribution in [3.63, 3.8) is 0 Å². The van der Waals surface area contributed by atoms with Crippen molar-refractivity contribution in [1.29, 1.82) is 0 Å². The van der Waals surface area contributed by atoms with Gasteiger partial charge in [0.1, 0.15) is 5.76 Å². The second kappa shape index (κ2) is 11.0. The molecule has 0 spiro atoms. The summed E-state index contributed by atoms with van der Waals surface area (Å²) in [5.41, 5.74) is 1.36. The Morgan fingerprint density at radius 1 is 1.11 bits per heavy atom. The molecule has 1 aromatic heterocycles. The molecule has 35 heavy (non-hydrogen) atoms. The average Bonchev–Trinajstić information content (AvgIpc) is 3.18. The van der Waals surface area contributed by atoms with Crippen LogP contribution in [0.25, 0.3) is 0 Å². The van der Waals surface area contributed by atoms with E-state index in [-0.39, 0.29) is 19.0 Å². The number of nitrogens with zero attached hydrogens (tertiary/aromatic N) is 5. The van der Waals surface area contributed by atoms with Crippen molar-refractivity contribution in [1.82, 2.24) is 14.1 Å². The van der Waals surface area contributed by atoms with E-state index in [9.17, 15) is 9.59 Å². The summed E-state index contributed by atoms with van der Waals surface area (Å²) >= 11 is 5.99. The number of benzene rings is 1. The van der Waals surface area contributed by atoms with E-state index >= 15 is 0 Å². The number of rotatable bonds is 7. The molecule has 0 bridgehead atoms. The molecule has 0 fully saturated rings. The maximum atomic E-state index is 13.1. The third-order valence-corrected chi connectivity index (χ3v) is 5.51. The van der Waals surface area contributed by atoms with E-state index in [4.69, 9.17) is 16.3 Å². The molecule has 0 saturated heterocycles. The fourth-order valence-corrected chi connectivity index (χ4v) is 3.58. The second-order valence-corrected chi connectivity index (χ2v) is 8.31. The maximum absolute atomic E-state index is 13.1. The quantitative estimate of drug-likeness (QED) is 0.628. The molecule has 2 heterocycles. The van der Waals surface area contributed by atoms with E-state index in [1.54, 1.807) is 43.6 Å². The molecule has 2 aliphatic rings. The van der Waals surface area contributed by atoms with E-state index in [1.807, 2.05) is 31.2 Å². The number of nitrogens with one attached hydrogen (secondary N) is 1. The zero-order chi connectivity index (χ0) is 24.8. The highest BCUT2D eigenvalue weighted by Gasteiger charge is 2.14. The summed E-state index contributed by atoms with van der Waals surface area (Å²) in [4.78, 5) is 38.2. The Morgan fingerprint density at radius 2 is 1.91 bits per heavy atom. The number of allylic oxidation sites excluding steroid dienone is 4. The Morgan fingerprint density at radius 3 is 2.69 bits per heavy atom. The second-order valence-electron chi connectivity index (χ2n) is 7.87. The fraction of sp³-hybridized carbons (Fsp3) is 0.240. The summed E-state index contributed by atoms with van der Waals surface area (Å²) < 4.78 is 8.41. The number of halogens is 1. The van der Waals surface area contributed by atoms with Crippen LogP contribution in [0.4, 0.5) is 5.95 Å². The Labute approximate surface area is 207 Å². The van der Waals surface area contributed by atoms with Crippen molar-refractivity contribution in [2.24, 2.45) is 9.98 Å². The molecular formula is C25H25ClN6O3. The molecule has 10 heteroatoms. The Bertz CT molecular complexity index is 1410. The highest BCUT2D eigenvalue weighted by Crippen LogP contribution is 2.18. The van der Waals surface area contributed by atoms with Gasteiger partial charge in [0, 0.05) is 35.6 Å². The van der Waals surface area contributed by atoms with Gasteiger partial charge in [-0.2, -0.15) is 4.98 Å². The fourth-order valence-electron chi connectivity index (χ4n) is 3.45. The molecule has 1 N–H and O–H groups in total. The lowest BCUT2D eigenvalue weighted by atomic mass is 10.2. The largest absolute Gasteiger partial charge is 0.438 e. The molecule has 2 aromatic rings. The van der Waals surface area contributed by atoms with Gasteiger partial charge in [0.05, 0.1) is 12.7 Å². The smallest absolute Gasteiger partial charge is 0.354 e. The number of ether oxygens (including phenoxy) is 1. The van der Waals surface area contributed by atoms with E-state index in [1.165, 1.54) is 4.57 Å². The highest BCUT2D eigenvalue weighted by molar-refractivity contribution is 6.30. The van der Waals surface area contributed by atoms with Crippen molar-refractivity contribution in [3.05, 3.63) is 104 Å². The van der Waals surface area contributed by atoms with Crippen LogP contribution in [-0.4, -0.2) is 26.0 Å². The number of aromatic nitrogens is 3. The highest BCUT2D eigenvalue weighted by atomic mass is 35.5. The van der Waals surface area contributed by atoms with Gasteiger partial charge in [0.2, 0.25) is 11.8 Å². The third kappa shape index (κ3) is 6.13. The molecule has 0 saturated carbocycles. The van der Waals surface area contributed by atoms with Crippen LogP contribution in [0.15, 0.2) is 91.7 Å². The zero-order valence-electron chi connectivity index (χ0n) is 19.4. The van der Waals surface area contributed by atoms with Gasteiger partial charge in [-0.1, -0.05) is 29.8 Å². The molecule has 1 aliphatic heterocycles. The first-order chi connectivity index (χ1) is 16.9. The number of hydrogen-bond donors (Lipinski definition) is 1. The summed E-state index contributed by atoms with van der Waals surface area (Å²) in [5.74, 6) is 1.16. The molecule has 0 amide bonds. The van der Waals surface area contributed by atoms with Gasteiger partial charge in [-0.3, -0.25) is 9.56 Å². The normalized spacial score (nSPS) is 15.4. The van der Waals surface area contributed by atoms with Gasteiger partial charge < -0.3 is 10.1 Å². The van der Waals surface area contributed by atoms with Crippen LogP contribution in [0.3, 0.4) is 0 Å². The standard InChI is InChI=1S/C25H25ClN6O3/c1-3-31-24(33)30-23(32(25(31)34)16-18-7-9-19(26)10-8-18)29-20-5-4-6-21(12-11-20)35-22-15-27-14-13-17(2)28-22/h5-12,14-15H,3-4,13,16H2,1-2H3,(H,29,30,33). The molecule has 9 nitrogen and oxygen atoms in total. The van der Waals surface area contributed by atoms with Gasteiger partial charge >= 0.3 is 11.4 Å². The van der Waals surface area contributed by atoms with Crippen LogP contribution < -0.4 is 16.7 Å². The van der Waals surface area contributed by atoms with Crippen LogP contribution >= 0.6 is 11.6 Å². The van der Waals surface area contributed by atoms with Crippen molar-refractivity contribution >= 4 is 29.5 Å². The van der Waals surface area contributed by atoms with Crippen molar-refractivity contribution < 1.29 is 4.74 Å². The number of anilines is 1. The van der Waals surface area contributed by atoms with Gasteiger partial charge in [0.25, 0.3) is 0 Å². The molecule has 1 aliphatic carbocycles. The molecule has 0 unspecified atom stereocenters. The van der Waals surface area contributed by atoms with Gasteiger partial charge in [-0.05, 0) is 56.2 Å². The van der Waals surface area contributed by atoms with Gasteiger partial charge in [-0.25, -0.2) is 19.1 Å². The predicted molar refractivity (Wildman–Crippen MR) is 138 cm³/mol. The summed E-state index contributed by atoms with van der Waals surface area (Å²) in [5, 5.41) is 3.73. The zero-order valence-corrected chi connectivity index (χ0v) is 20.2. The molecule has 4 rings (SSSR count). The molecular weight excluding hydrogens is 468 g/mol. The van der Waals surface area contributed by atoms with Crippen LogP contribution in [-0.2, 0) is 17.8 Å².